The highest BCUT2D eigenvalue weighted by molar-refractivity contribution is 7.98. The zero-order chi connectivity index (χ0) is 22.7. The Kier molecular flexibility index (Phi) is 7.03. The van der Waals surface area contributed by atoms with E-state index in [4.69, 9.17) is 9.72 Å². The van der Waals surface area contributed by atoms with Crippen LogP contribution in [0.4, 0.5) is 0 Å². The van der Waals surface area contributed by atoms with Crippen LogP contribution in [-0.4, -0.2) is 63.3 Å². The van der Waals surface area contributed by atoms with Crippen LogP contribution >= 0.6 is 11.8 Å². The zero-order valence-electron chi connectivity index (χ0n) is 18.3. The van der Waals surface area contributed by atoms with Gasteiger partial charge in [-0.2, -0.15) is 4.31 Å². The number of ether oxygens (including phenoxy) is 1. The molecule has 12 heteroatoms. The minimum absolute atomic E-state index is 0.214. The second-order valence-corrected chi connectivity index (χ2v) is 10.5. The number of hydrogen-bond donors (Lipinski definition) is 1. The van der Waals surface area contributed by atoms with Crippen LogP contribution < -0.4 is 5.69 Å². The van der Waals surface area contributed by atoms with Gasteiger partial charge in [0.1, 0.15) is 5.82 Å². The molecule has 174 valence electrons. The number of fused-ring (bicyclic) bond motifs is 1. The van der Waals surface area contributed by atoms with Crippen LogP contribution in [0.25, 0.3) is 11.0 Å². The number of imidazole rings is 1. The van der Waals surface area contributed by atoms with E-state index in [0.717, 1.165) is 30.7 Å². The molecule has 10 nitrogen and oxygen atoms in total. The summed E-state index contributed by atoms with van der Waals surface area (Å²) in [6, 6.07) is 5.15. The Morgan fingerprint density at radius 2 is 1.84 bits per heavy atom. The van der Waals surface area contributed by atoms with E-state index in [1.807, 2.05) is 13.0 Å². The molecule has 1 aliphatic heterocycles. The number of nitrogens with one attached hydrogen (secondary N) is 1. The van der Waals surface area contributed by atoms with Gasteiger partial charge in [0.2, 0.25) is 10.0 Å². The van der Waals surface area contributed by atoms with Crippen molar-refractivity contribution in [2.75, 3.05) is 26.3 Å². The Balaban J connectivity index is 1.64. The smallest absolute Gasteiger partial charge is 0.343 e. The minimum atomic E-state index is -3.59. The normalized spacial score (nSPS) is 15.6. The number of thioether (sulfide) groups is 1. The fraction of sp³-hybridized carbons (Fsp3) is 0.550. The maximum Gasteiger partial charge on any atom is 0.343 e. The Morgan fingerprint density at radius 3 is 2.56 bits per heavy atom. The molecule has 0 spiro atoms. The SMILES string of the molecule is CCCn1c(SCc2nc3cc(S(=O)(=O)N4CCOCC4)ccc3n2CCC)n[nH]c1=O. The van der Waals surface area contributed by atoms with Crippen molar-refractivity contribution in [2.45, 2.75) is 55.6 Å². The van der Waals surface area contributed by atoms with Gasteiger partial charge in [0.05, 0.1) is 34.9 Å². The van der Waals surface area contributed by atoms with Gasteiger partial charge in [0.25, 0.3) is 0 Å². The molecule has 1 aromatic carbocycles. The van der Waals surface area contributed by atoms with E-state index in [1.54, 1.807) is 16.7 Å². The third-order valence-electron chi connectivity index (χ3n) is 5.35. The maximum atomic E-state index is 13.0. The number of hydrogen-bond acceptors (Lipinski definition) is 7. The summed E-state index contributed by atoms with van der Waals surface area (Å²) in [7, 11) is -3.59. The largest absolute Gasteiger partial charge is 0.379 e. The lowest BCUT2D eigenvalue weighted by Gasteiger charge is -2.26. The van der Waals surface area contributed by atoms with Crippen molar-refractivity contribution in [3.05, 3.63) is 34.5 Å². The number of nitrogens with zero attached hydrogens (tertiary/aromatic N) is 5. The molecule has 0 atom stereocenters. The average molecular weight is 481 g/mol. The summed E-state index contributed by atoms with van der Waals surface area (Å²) in [6.07, 6.45) is 1.75. The molecule has 1 saturated heterocycles. The molecule has 4 rings (SSSR count). The number of aryl methyl sites for hydroxylation is 1. The van der Waals surface area contributed by atoms with Crippen molar-refractivity contribution in [3.63, 3.8) is 0 Å². The van der Waals surface area contributed by atoms with E-state index in [1.165, 1.54) is 16.1 Å². The second kappa shape index (κ2) is 9.77. The van der Waals surface area contributed by atoms with Crippen molar-refractivity contribution in [3.8, 4) is 0 Å². The average Bonchev–Trinajstić information content (AvgIpc) is 3.33. The maximum absolute atomic E-state index is 13.0. The molecule has 3 aromatic rings. The summed E-state index contributed by atoms with van der Waals surface area (Å²) in [6.45, 7) is 7.00. The molecule has 0 saturated carbocycles. The molecule has 32 heavy (non-hydrogen) atoms. The molecular formula is C20H28N6O4S2. The van der Waals surface area contributed by atoms with Gasteiger partial charge in [-0.1, -0.05) is 25.6 Å². The number of aromatic nitrogens is 5. The fourth-order valence-electron chi connectivity index (χ4n) is 3.80. The Labute approximate surface area is 191 Å². The van der Waals surface area contributed by atoms with Crippen molar-refractivity contribution in [1.82, 2.24) is 28.6 Å². The molecule has 1 aliphatic rings. The number of aromatic amines is 1. The monoisotopic (exact) mass is 480 g/mol. The second-order valence-electron chi connectivity index (χ2n) is 7.60. The number of rotatable bonds is 9. The summed E-state index contributed by atoms with van der Waals surface area (Å²) < 4.78 is 36.6. The van der Waals surface area contributed by atoms with Gasteiger partial charge in [0, 0.05) is 26.2 Å². The van der Waals surface area contributed by atoms with Crippen LogP contribution in [0, 0.1) is 0 Å². The lowest BCUT2D eigenvalue weighted by Crippen LogP contribution is -2.40. The third kappa shape index (κ3) is 4.49. The predicted molar refractivity (Wildman–Crippen MR) is 122 cm³/mol. The van der Waals surface area contributed by atoms with Crippen LogP contribution in [0.2, 0.25) is 0 Å². The predicted octanol–water partition coefficient (Wildman–Crippen LogP) is 2.05. The lowest BCUT2D eigenvalue weighted by molar-refractivity contribution is 0.0730. The summed E-state index contributed by atoms with van der Waals surface area (Å²) in [5.74, 6) is 1.35. The third-order valence-corrected chi connectivity index (χ3v) is 8.22. The first kappa shape index (κ1) is 23.0. The first-order valence-electron chi connectivity index (χ1n) is 10.8. The molecule has 1 N–H and O–H groups in total. The summed E-state index contributed by atoms with van der Waals surface area (Å²) in [4.78, 5) is 17.0. The van der Waals surface area contributed by atoms with E-state index in [2.05, 4.69) is 21.7 Å². The van der Waals surface area contributed by atoms with Gasteiger partial charge in [-0.05, 0) is 31.0 Å². The van der Waals surface area contributed by atoms with Gasteiger partial charge in [0.15, 0.2) is 5.16 Å². The summed E-state index contributed by atoms with van der Waals surface area (Å²) in [5.41, 5.74) is 1.34. The van der Waals surface area contributed by atoms with E-state index >= 15 is 0 Å². The van der Waals surface area contributed by atoms with E-state index in [9.17, 15) is 13.2 Å². The topological polar surface area (TPSA) is 115 Å². The van der Waals surface area contributed by atoms with Crippen LogP contribution in [0.1, 0.15) is 32.5 Å². The van der Waals surface area contributed by atoms with E-state index in [-0.39, 0.29) is 10.6 Å². The van der Waals surface area contributed by atoms with Gasteiger partial charge >= 0.3 is 5.69 Å². The van der Waals surface area contributed by atoms with Gasteiger partial charge < -0.3 is 9.30 Å². The van der Waals surface area contributed by atoms with Crippen LogP contribution in [0.3, 0.4) is 0 Å². The number of morpholine rings is 1. The fourth-order valence-corrected chi connectivity index (χ4v) is 6.15. The standard InChI is InChI=1S/C20H28N6O4S2/c1-3-7-25-17-6-5-15(32(28,29)24-9-11-30-12-10-24)13-16(17)21-18(25)14-31-20-23-22-19(27)26(20)8-4-2/h5-6,13H,3-4,7-12,14H2,1-2H3,(H,22,27). The van der Waals surface area contributed by atoms with Crippen molar-refractivity contribution >= 4 is 32.8 Å². The van der Waals surface area contributed by atoms with E-state index in [0.29, 0.717) is 49.3 Å². The molecule has 2 aromatic heterocycles. The number of benzene rings is 1. The first-order chi connectivity index (χ1) is 15.5. The number of H-pyrrole nitrogens is 1. The Bertz CT molecular complexity index is 1240. The molecule has 0 unspecified atom stereocenters. The minimum Gasteiger partial charge on any atom is -0.379 e. The Morgan fingerprint density at radius 1 is 1.12 bits per heavy atom. The summed E-state index contributed by atoms with van der Waals surface area (Å²) >= 11 is 1.45. The summed E-state index contributed by atoms with van der Waals surface area (Å²) in [5, 5.41) is 7.27. The zero-order valence-corrected chi connectivity index (χ0v) is 19.9. The quantitative estimate of drug-likeness (QED) is 0.466. The van der Waals surface area contributed by atoms with Gasteiger partial charge in [-0.25, -0.2) is 23.3 Å². The molecular weight excluding hydrogens is 452 g/mol. The molecule has 0 aliphatic carbocycles. The van der Waals surface area contributed by atoms with Crippen LogP contribution in [0.15, 0.2) is 33.0 Å². The molecule has 1 fully saturated rings. The van der Waals surface area contributed by atoms with Crippen molar-refractivity contribution in [2.24, 2.45) is 0 Å². The van der Waals surface area contributed by atoms with Crippen molar-refractivity contribution in [1.29, 1.82) is 0 Å². The van der Waals surface area contributed by atoms with Crippen molar-refractivity contribution < 1.29 is 13.2 Å². The van der Waals surface area contributed by atoms with Crippen LogP contribution in [-0.2, 0) is 33.6 Å². The molecule has 0 bridgehead atoms. The van der Waals surface area contributed by atoms with E-state index < -0.39 is 10.0 Å². The first-order valence-corrected chi connectivity index (χ1v) is 13.2. The Hall–Kier alpha value is -2.15. The highest BCUT2D eigenvalue weighted by atomic mass is 32.2. The highest BCUT2D eigenvalue weighted by Gasteiger charge is 2.27. The highest BCUT2D eigenvalue weighted by Crippen LogP contribution is 2.27. The number of sulfonamides is 1. The molecule has 0 amide bonds. The molecule has 3 heterocycles. The van der Waals surface area contributed by atoms with Crippen LogP contribution in [0.5, 0.6) is 0 Å². The van der Waals surface area contributed by atoms with Gasteiger partial charge in [-0.15, -0.1) is 5.10 Å². The lowest BCUT2D eigenvalue weighted by atomic mass is 10.3. The molecule has 0 radical (unpaired) electrons. The van der Waals surface area contributed by atoms with Gasteiger partial charge in [-0.3, -0.25) is 4.57 Å².